The van der Waals surface area contributed by atoms with Crippen molar-refractivity contribution in [3.63, 3.8) is 0 Å². The number of aryl methyl sites for hydroxylation is 1. The van der Waals surface area contributed by atoms with Crippen molar-refractivity contribution in [2.24, 2.45) is 0 Å². The molecule has 7 heteroatoms. The first-order valence-electron chi connectivity index (χ1n) is 9.56. The zero-order valence-electron chi connectivity index (χ0n) is 15.7. The van der Waals surface area contributed by atoms with Crippen LogP contribution in [0.15, 0.2) is 47.3 Å². The highest BCUT2D eigenvalue weighted by Crippen LogP contribution is 2.25. The number of rotatable bonds is 5. The topological polar surface area (TPSA) is 71.0 Å². The van der Waals surface area contributed by atoms with Gasteiger partial charge in [-0.3, -0.25) is 9.78 Å². The van der Waals surface area contributed by atoms with Gasteiger partial charge in [0.15, 0.2) is 0 Å². The number of hydrogen-bond acceptors (Lipinski definition) is 5. The summed E-state index contributed by atoms with van der Waals surface area (Å²) in [6.45, 7) is 3.51. The Hall–Kier alpha value is -2.54. The number of amides is 1. The Bertz CT molecular complexity index is 992. The molecule has 1 aromatic carbocycles. The van der Waals surface area contributed by atoms with E-state index >= 15 is 0 Å². The minimum absolute atomic E-state index is 0.0485. The van der Waals surface area contributed by atoms with Gasteiger partial charge >= 0.3 is 0 Å². The van der Waals surface area contributed by atoms with Crippen LogP contribution in [0.1, 0.15) is 35.7 Å². The number of anilines is 1. The van der Waals surface area contributed by atoms with Crippen LogP contribution in [-0.4, -0.2) is 44.9 Å². The number of nitrogens with one attached hydrogen (secondary N) is 1. The van der Waals surface area contributed by atoms with E-state index in [2.05, 4.69) is 43.1 Å². The Kier molecular flexibility index (Phi) is 5.52. The molecule has 1 fully saturated rings. The minimum Gasteiger partial charge on any atom is -0.352 e. The molecule has 3 heterocycles. The fourth-order valence-electron chi connectivity index (χ4n) is 3.80. The summed E-state index contributed by atoms with van der Waals surface area (Å²) in [5, 5.41) is 4.32. The molecule has 6 nitrogen and oxygen atoms in total. The molecule has 1 atom stereocenters. The number of para-hydroxylation sites is 1. The number of carbonyl (C=O) groups is 1. The molecule has 0 aliphatic carbocycles. The van der Waals surface area contributed by atoms with Gasteiger partial charge < -0.3 is 10.2 Å². The summed E-state index contributed by atoms with van der Waals surface area (Å²) in [5.74, 6) is 0.620. The fraction of sp³-hybridized carbons (Fsp3) is 0.333. The average molecular weight is 440 g/mol. The SMILES string of the molecule is CCc1ccnc2c(C(=O)N3CCC[C@H]3CNc3ncc(Br)cn3)cccc12. The molecule has 1 aliphatic heterocycles. The van der Waals surface area contributed by atoms with Crippen molar-refractivity contribution in [1.82, 2.24) is 19.9 Å². The Labute approximate surface area is 172 Å². The lowest BCUT2D eigenvalue weighted by molar-refractivity contribution is 0.0745. The van der Waals surface area contributed by atoms with Crippen molar-refractivity contribution in [3.8, 4) is 0 Å². The summed E-state index contributed by atoms with van der Waals surface area (Å²) in [6, 6.07) is 8.03. The molecule has 0 spiro atoms. The second kappa shape index (κ2) is 8.22. The molecule has 1 saturated heterocycles. The van der Waals surface area contributed by atoms with Crippen molar-refractivity contribution in [2.75, 3.05) is 18.4 Å². The van der Waals surface area contributed by atoms with E-state index < -0.39 is 0 Å². The van der Waals surface area contributed by atoms with Crippen LogP contribution < -0.4 is 5.32 Å². The van der Waals surface area contributed by atoms with Crippen molar-refractivity contribution < 1.29 is 4.79 Å². The molecule has 1 aliphatic rings. The maximum absolute atomic E-state index is 13.3. The van der Waals surface area contributed by atoms with E-state index in [1.807, 2.05) is 29.2 Å². The van der Waals surface area contributed by atoms with Crippen molar-refractivity contribution >= 4 is 38.7 Å². The number of nitrogens with zero attached hydrogens (tertiary/aromatic N) is 4. The van der Waals surface area contributed by atoms with E-state index in [9.17, 15) is 4.79 Å². The van der Waals surface area contributed by atoms with E-state index in [1.165, 1.54) is 5.56 Å². The molecule has 0 unspecified atom stereocenters. The molecule has 0 saturated carbocycles. The van der Waals surface area contributed by atoms with Gasteiger partial charge in [-0.25, -0.2) is 9.97 Å². The third-order valence-electron chi connectivity index (χ3n) is 5.23. The van der Waals surface area contributed by atoms with Crippen LogP contribution in [0.25, 0.3) is 10.9 Å². The summed E-state index contributed by atoms with van der Waals surface area (Å²) < 4.78 is 0.839. The van der Waals surface area contributed by atoms with E-state index in [-0.39, 0.29) is 11.9 Å². The van der Waals surface area contributed by atoms with Crippen LogP contribution in [-0.2, 0) is 6.42 Å². The van der Waals surface area contributed by atoms with E-state index in [1.54, 1.807) is 18.6 Å². The van der Waals surface area contributed by atoms with Crippen molar-refractivity contribution in [1.29, 1.82) is 0 Å². The van der Waals surface area contributed by atoms with Crippen LogP contribution in [0.3, 0.4) is 0 Å². The van der Waals surface area contributed by atoms with Gasteiger partial charge in [-0.1, -0.05) is 19.1 Å². The van der Waals surface area contributed by atoms with Gasteiger partial charge in [-0.15, -0.1) is 0 Å². The molecule has 28 heavy (non-hydrogen) atoms. The monoisotopic (exact) mass is 439 g/mol. The number of carbonyl (C=O) groups excluding carboxylic acids is 1. The smallest absolute Gasteiger partial charge is 0.256 e. The number of benzene rings is 1. The first-order valence-corrected chi connectivity index (χ1v) is 10.4. The Morgan fingerprint density at radius 1 is 1.25 bits per heavy atom. The highest BCUT2D eigenvalue weighted by Gasteiger charge is 2.30. The van der Waals surface area contributed by atoms with Crippen LogP contribution >= 0.6 is 15.9 Å². The Morgan fingerprint density at radius 3 is 2.86 bits per heavy atom. The number of pyridine rings is 1. The van der Waals surface area contributed by atoms with E-state index in [4.69, 9.17) is 0 Å². The first-order chi connectivity index (χ1) is 13.7. The predicted octanol–water partition coefficient (Wildman–Crippen LogP) is 4.07. The Balaban J connectivity index is 1.55. The second-order valence-corrected chi connectivity index (χ2v) is 7.84. The standard InChI is InChI=1S/C21H22BrN5O/c1-2-14-8-9-23-19-17(14)6-3-7-18(19)20(28)27-10-4-5-16(27)13-26-21-24-11-15(22)12-25-21/h3,6-9,11-12,16H,2,4-5,10,13H2,1H3,(H,24,25,26)/t16-/m0/s1. The van der Waals surface area contributed by atoms with Gasteiger partial charge in [0.25, 0.3) is 5.91 Å². The average Bonchev–Trinajstić information content (AvgIpc) is 3.20. The molecule has 1 amide bonds. The summed E-state index contributed by atoms with van der Waals surface area (Å²) in [4.78, 5) is 28.3. The number of aromatic nitrogens is 3. The quantitative estimate of drug-likeness (QED) is 0.648. The highest BCUT2D eigenvalue weighted by atomic mass is 79.9. The summed E-state index contributed by atoms with van der Waals surface area (Å²) >= 11 is 3.34. The predicted molar refractivity (Wildman–Crippen MR) is 113 cm³/mol. The lowest BCUT2D eigenvalue weighted by atomic mass is 10.0. The third-order valence-corrected chi connectivity index (χ3v) is 5.64. The normalized spacial score (nSPS) is 16.5. The van der Waals surface area contributed by atoms with Gasteiger partial charge in [-0.2, -0.15) is 0 Å². The molecular weight excluding hydrogens is 418 g/mol. The summed E-state index contributed by atoms with van der Waals surface area (Å²) in [6.07, 6.45) is 8.09. The molecular formula is C21H22BrN5O. The van der Waals surface area contributed by atoms with Crippen LogP contribution in [0.4, 0.5) is 5.95 Å². The zero-order chi connectivity index (χ0) is 19.5. The number of fused-ring (bicyclic) bond motifs is 1. The van der Waals surface area contributed by atoms with E-state index in [0.717, 1.165) is 41.2 Å². The lowest BCUT2D eigenvalue weighted by Gasteiger charge is -2.25. The van der Waals surface area contributed by atoms with Crippen molar-refractivity contribution in [3.05, 3.63) is 58.5 Å². The molecule has 2 aromatic heterocycles. The molecule has 4 rings (SSSR count). The minimum atomic E-state index is 0.0485. The Morgan fingerprint density at radius 2 is 2.07 bits per heavy atom. The zero-order valence-corrected chi connectivity index (χ0v) is 17.3. The van der Waals surface area contributed by atoms with Gasteiger partial charge in [0, 0.05) is 43.1 Å². The number of halogens is 1. The largest absolute Gasteiger partial charge is 0.352 e. The van der Waals surface area contributed by atoms with Crippen LogP contribution in [0.2, 0.25) is 0 Å². The summed E-state index contributed by atoms with van der Waals surface area (Å²) in [5.41, 5.74) is 2.69. The molecule has 1 N–H and O–H groups in total. The number of hydrogen-bond donors (Lipinski definition) is 1. The van der Waals surface area contributed by atoms with Gasteiger partial charge in [0.05, 0.1) is 15.6 Å². The number of likely N-dealkylation sites (tertiary alicyclic amines) is 1. The molecule has 144 valence electrons. The van der Waals surface area contributed by atoms with E-state index in [0.29, 0.717) is 18.1 Å². The van der Waals surface area contributed by atoms with Crippen LogP contribution in [0.5, 0.6) is 0 Å². The van der Waals surface area contributed by atoms with Crippen LogP contribution in [0, 0.1) is 0 Å². The second-order valence-electron chi connectivity index (χ2n) is 6.93. The summed E-state index contributed by atoms with van der Waals surface area (Å²) in [7, 11) is 0. The lowest BCUT2D eigenvalue weighted by Crippen LogP contribution is -2.39. The van der Waals surface area contributed by atoms with Gasteiger partial charge in [0.2, 0.25) is 5.95 Å². The molecule has 3 aromatic rings. The first kappa shape index (κ1) is 18.8. The molecule has 0 radical (unpaired) electrons. The fourth-order valence-corrected chi connectivity index (χ4v) is 4.00. The van der Waals surface area contributed by atoms with Gasteiger partial charge in [-0.05, 0) is 52.9 Å². The molecule has 0 bridgehead atoms. The maximum Gasteiger partial charge on any atom is 0.256 e. The van der Waals surface area contributed by atoms with Gasteiger partial charge in [0.1, 0.15) is 0 Å². The maximum atomic E-state index is 13.3. The van der Waals surface area contributed by atoms with Crippen molar-refractivity contribution in [2.45, 2.75) is 32.2 Å². The highest BCUT2D eigenvalue weighted by molar-refractivity contribution is 9.10. The third kappa shape index (κ3) is 3.71.